The lowest BCUT2D eigenvalue weighted by Gasteiger charge is -2.18. The van der Waals surface area contributed by atoms with Gasteiger partial charge < -0.3 is 0 Å². The number of imidazole rings is 1. The first kappa shape index (κ1) is 18.7. The SMILES string of the molecule is [2H]c1c([2H])c([2H])c(-c2c3ccccc3c(-c3c([2H])c([2H])c([2H])c([2H])c3[2H])c3cc(-c4ccc(-c5nc6ccccc6n5-c5ccccc5)cc4)ccc23)c([2H])c1[2H]. The third-order valence-corrected chi connectivity index (χ3v) is 8.58. The maximum absolute atomic E-state index is 9.02. The molecule has 0 unspecified atom stereocenters. The van der Waals surface area contributed by atoms with Crippen molar-refractivity contribution in [3.63, 3.8) is 0 Å². The van der Waals surface area contributed by atoms with Crippen LogP contribution in [0.25, 0.3) is 83.0 Å². The second-order valence-corrected chi connectivity index (χ2v) is 11.2. The molecule has 0 spiro atoms. The van der Waals surface area contributed by atoms with Crippen LogP contribution in [0.2, 0.25) is 0 Å². The van der Waals surface area contributed by atoms with Crippen molar-refractivity contribution in [3.8, 4) is 50.5 Å². The van der Waals surface area contributed by atoms with Crippen molar-refractivity contribution in [2.45, 2.75) is 0 Å². The highest BCUT2D eigenvalue weighted by Gasteiger charge is 2.18. The Labute approximate surface area is 287 Å². The average Bonchev–Trinajstić information content (AvgIpc) is 3.64. The van der Waals surface area contributed by atoms with E-state index in [2.05, 4.69) is 4.57 Å². The highest BCUT2D eigenvalue weighted by Crippen LogP contribution is 2.44. The quantitative estimate of drug-likeness (QED) is 0.178. The summed E-state index contributed by atoms with van der Waals surface area (Å²) in [5, 5.41) is 1.98. The van der Waals surface area contributed by atoms with Crippen LogP contribution in [0.5, 0.6) is 0 Å². The van der Waals surface area contributed by atoms with E-state index in [1.807, 2.05) is 97.1 Å². The Bertz CT molecular complexity index is 3060. The maximum Gasteiger partial charge on any atom is 0.145 e. The number of benzene rings is 8. The van der Waals surface area contributed by atoms with Crippen LogP contribution in [0.4, 0.5) is 0 Å². The van der Waals surface area contributed by atoms with E-state index in [0.29, 0.717) is 32.7 Å². The van der Waals surface area contributed by atoms with Gasteiger partial charge in [-0.05, 0) is 85.3 Å². The smallest absolute Gasteiger partial charge is 0.145 e. The zero-order chi connectivity index (χ0) is 39.9. The first-order chi connectivity index (χ1) is 27.5. The van der Waals surface area contributed by atoms with Crippen molar-refractivity contribution in [1.82, 2.24) is 9.55 Å². The minimum atomic E-state index is -0.514. The number of hydrogen-bond acceptors (Lipinski definition) is 1. The molecule has 1 heterocycles. The first-order valence-corrected chi connectivity index (χ1v) is 15.2. The molecular formula is C45H30N2. The summed E-state index contributed by atoms with van der Waals surface area (Å²) in [7, 11) is 0. The summed E-state index contributed by atoms with van der Waals surface area (Å²) < 4.78 is 88.7. The fourth-order valence-electron chi connectivity index (χ4n) is 6.52. The van der Waals surface area contributed by atoms with E-state index in [9.17, 15) is 0 Å². The molecule has 0 radical (unpaired) electrons. The van der Waals surface area contributed by atoms with Crippen molar-refractivity contribution >= 4 is 32.6 Å². The van der Waals surface area contributed by atoms with Crippen LogP contribution >= 0.6 is 0 Å². The van der Waals surface area contributed by atoms with Crippen molar-refractivity contribution in [1.29, 1.82) is 0 Å². The van der Waals surface area contributed by atoms with E-state index >= 15 is 0 Å². The Morgan fingerprint density at radius 1 is 0.426 bits per heavy atom. The highest BCUT2D eigenvalue weighted by molar-refractivity contribution is 6.21. The lowest BCUT2D eigenvalue weighted by molar-refractivity contribution is 1.10. The molecule has 9 aromatic rings. The van der Waals surface area contributed by atoms with Crippen molar-refractivity contribution < 1.29 is 13.7 Å². The lowest BCUT2D eigenvalue weighted by atomic mass is 9.85. The van der Waals surface area contributed by atoms with E-state index in [1.165, 1.54) is 0 Å². The molecule has 0 amide bonds. The summed E-state index contributed by atoms with van der Waals surface area (Å²) in [5.41, 5.74) is 6.04. The van der Waals surface area contributed by atoms with Crippen LogP contribution in [-0.2, 0) is 0 Å². The molecule has 0 aliphatic carbocycles. The van der Waals surface area contributed by atoms with Crippen molar-refractivity contribution in [2.24, 2.45) is 0 Å². The van der Waals surface area contributed by atoms with E-state index < -0.39 is 36.3 Å². The monoisotopic (exact) mass is 608 g/mol. The van der Waals surface area contributed by atoms with Gasteiger partial charge in [0.1, 0.15) is 5.82 Å². The molecule has 0 saturated heterocycles. The second-order valence-electron chi connectivity index (χ2n) is 11.2. The van der Waals surface area contributed by atoms with Gasteiger partial charge in [-0.25, -0.2) is 4.98 Å². The topological polar surface area (TPSA) is 17.8 Å². The van der Waals surface area contributed by atoms with Crippen LogP contribution < -0.4 is 0 Å². The number of aromatic nitrogens is 2. The van der Waals surface area contributed by atoms with Gasteiger partial charge in [0.05, 0.1) is 24.7 Å². The van der Waals surface area contributed by atoms with Gasteiger partial charge in [-0.2, -0.15) is 0 Å². The lowest BCUT2D eigenvalue weighted by Crippen LogP contribution is -1.97. The van der Waals surface area contributed by atoms with Crippen LogP contribution in [0.3, 0.4) is 0 Å². The molecule has 9 rings (SSSR count). The Morgan fingerprint density at radius 3 is 1.64 bits per heavy atom. The summed E-state index contributed by atoms with van der Waals surface area (Å²) in [6.07, 6.45) is 0. The summed E-state index contributed by atoms with van der Waals surface area (Å²) in [4.78, 5) is 5.00. The summed E-state index contributed by atoms with van der Waals surface area (Å²) in [5.74, 6) is 0.769. The van der Waals surface area contributed by atoms with Gasteiger partial charge in [0, 0.05) is 11.3 Å². The van der Waals surface area contributed by atoms with Gasteiger partial charge in [0.25, 0.3) is 0 Å². The highest BCUT2D eigenvalue weighted by atomic mass is 15.1. The summed E-state index contributed by atoms with van der Waals surface area (Å²) in [6, 6.07) is 34.2. The Balaban J connectivity index is 1.32. The van der Waals surface area contributed by atoms with Gasteiger partial charge in [-0.1, -0.05) is 151 Å². The molecular weight excluding hydrogens is 569 g/mol. The van der Waals surface area contributed by atoms with E-state index in [-0.39, 0.29) is 35.3 Å². The van der Waals surface area contributed by atoms with Gasteiger partial charge >= 0.3 is 0 Å². The van der Waals surface area contributed by atoms with Crippen LogP contribution in [-0.4, -0.2) is 9.55 Å². The zero-order valence-corrected chi connectivity index (χ0v) is 24.9. The summed E-state index contributed by atoms with van der Waals surface area (Å²) in [6.45, 7) is 0. The predicted molar refractivity (Wildman–Crippen MR) is 198 cm³/mol. The van der Waals surface area contributed by atoms with Gasteiger partial charge in [0.15, 0.2) is 0 Å². The molecule has 0 atom stereocenters. The number of para-hydroxylation sites is 3. The molecule has 0 bridgehead atoms. The van der Waals surface area contributed by atoms with Crippen molar-refractivity contribution in [3.05, 3.63) is 182 Å². The Morgan fingerprint density at radius 2 is 0.957 bits per heavy atom. The zero-order valence-electron chi connectivity index (χ0n) is 34.9. The normalized spacial score (nSPS) is 14.4. The van der Waals surface area contributed by atoms with Crippen LogP contribution in [0, 0.1) is 0 Å². The minimum Gasteiger partial charge on any atom is -0.292 e. The largest absolute Gasteiger partial charge is 0.292 e. The second kappa shape index (κ2) is 11.3. The number of hydrogen-bond donors (Lipinski definition) is 0. The average molecular weight is 609 g/mol. The van der Waals surface area contributed by atoms with Gasteiger partial charge in [0.2, 0.25) is 0 Å². The molecule has 220 valence electrons. The fraction of sp³-hybridized carbons (Fsp3) is 0. The fourth-order valence-corrected chi connectivity index (χ4v) is 6.52. The van der Waals surface area contributed by atoms with Gasteiger partial charge in [-0.3, -0.25) is 4.57 Å². The molecule has 0 aliphatic rings. The van der Waals surface area contributed by atoms with E-state index in [1.54, 1.807) is 24.3 Å². The predicted octanol–water partition coefficient (Wildman–Crippen LogP) is 12.0. The van der Waals surface area contributed by atoms with Crippen LogP contribution in [0.1, 0.15) is 13.7 Å². The molecule has 0 N–H and O–H groups in total. The van der Waals surface area contributed by atoms with Crippen LogP contribution in [0.15, 0.2) is 182 Å². The third-order valence-electron chi connectivity index (χ3n) is 8.58. The molecule has 1 aromatic heterocycles. The number of nitrogens with zero attached hydrogens (tertiary/aromatic N) is 2. The third kappa shape index (κ3) is 4.62. The molecule has 8 aromatic carbocycles. The van der Waals surface area contributed by atoms with Gasteiger partial charge in [-0.15, -0.1) is 0 Å². The standard InChI is InChI=1S/C45H30N2/c1-4-14-32(15-5-1)43-37-20-10-11-21-38(37)44(33-16-6-2-7-17-33)40-30-35(28-29-39(40)43)31-24-26-34(27-25-31)45-46-41-22-12-13-23-42(41)47(45)36-18-8-3-9-19-36/h1-30H/i1D,2D,4D,5D,6D,7D,14D,15D,16D,17D. The molecule has 47 heavy (non-hydrogen) atoms. The number of rotatable bonds is 5. The maximum atomic E-state index is 9.02. The molecule has 2 nitrogen and oxygen atoms in total. The van der Waals surface area contributed by atoms with Crippen molar-refractivity contribution in [2.75, 3.05) is 0 Å². The Kier molecular flexibility index (Phi) is 4.48. The summed E-state index contributed by atoms with van der Waals surface area (Å²) >= 11 is 0. The molecule has 0 aliphatic heterocycles. The van der Waals surface area contributed by atoms with E-state index in [0.717, 1.165) is 39.2 Å². The Hall–Kier alpha value is -6.25. The molecule has 0 fully saturated rings. The minimum absolute atomic E-state index is 0.00197. The number of fused-ring (bicyclic) bond motifs is 3. The molecule has 0 saturated carbocycles. The molecule has 2 heteroatoms. The van der Waals surface area contributed by atoms with E-state index in [4.69, 9.17) is 18.7 Å². The first-order valence-electron chi connectivity index (χ1n) is 20.2.